The van der Waals surface area contributed by atoms with E-state index < -0.39 is 28.5 Å². The van der Waals surface area contributed by atoms with Gasteiger partial charge in [-0.2, -0.15) is 8.78 Å². The van der Waals surface area contributed by atoms with Gasteiger partial charge in [-0.15, -0.1) is 0 Å². The number of carbonyl (C=O) groups is 1. The summed E-state index contributed by atoms with van der Waals surface area (Å²) in [5, 5.41) is 2.53. The molecule has 128 valence electrons. The van der Waals surface area contributed by atoms with Crippen molar-refractivity contribution in [2.45, 2.75) is 12.5 Å². The van der Waals surface area contributed by atoms with Crippen LogP contribution < -0.4 is 5.32 Å². The van der Waals surface area contributed by atoms with E-state index in [0.717, 1.165) is 10.5 Å². The fraction of sp³-hybridized carbons (Fsp3) is 0.500. The van der Waals surface area contributed by atoms with Crippen LogP contribution in [0.25, 0.3) is 0 Å². The highest BCUT2D eigenvalue weighted by molar-refractivity contribution is 7.90. The Balaban J connectivity index is 1.91. The Kier molecular flexibility index (Phi) is 5.20. The summed E-state index contributed by atoms with van der Waals surface area (Å²) in [6.07, 6.45) is -1.78. The number of benzene rings is 1. The number of sulfone groups is 1. The number of hydrogen-bond donors (Lipinski definition) is 1. The van der Waals surface area contributed by atoms with Crippen molar-refractivity contribution in [3.05, 3.63) is 29.8 Å². The number of nitrogens with one attached hydrogen (secondary N) is 1. The molecule has 0 atom stereocenters. The first kappa shape index (κ1) is 17.6. The molecule has 1 N–H and O–H groups in total. The highest BCUT2D eigenvalue weighted by Gasteiger charge is 2.38. The smallest absolute Gasteiger partial charge is 0.317 e. The van der Waals surface area contributed by atoms with Crippen LogP contribution in [0.5, 0.6) is 0 Å². The van der Waals surface area contributed by atoms with Crippen molar-refractivity contribution in [1.29, 1.82) is 0 Å². The summed E-state index contributed by atoms with van der Waals surface area (Å²) < 4.78 is 52.7. The molecule has 1 aromatic carbocycles. The molecule has 2 amide bonds. The van der Waals surface area contributed by atoms with Crippen LogP contribution in [-0.2, 0) is 21.0 Å². The lowest BCUT2D eigenvalue weighted by molar-refractivity contribution is -0.263. The Morgan fingerprint density at radius 1 is 1.35 bits per heavy atom. The van der Waals surface area contributed by atoms with Gasteiger partial charge in [-0.1, -0.05) is 12.1 Å². The van der Waals surface area contributed by atoms with Gasteiger partial charge in [0.05, 0.1) is 12.4 Å². The van der Waals surface area contributed by atoms with Crippen LogP contribution in [0.4, 0.5) is 19.3 Å². The van der Waals surface area contributed by atoms with Gasteiger partial charge in [0.1, 0.15) is 16.4 Å². The molecule has 0 aliphatic carbocycles. The zero-order chi connectivity index (χ0) is 17.1. The largest absolute Gasteiger partial charge is 0.373 e. The second-order valence-electron chi connectivity index (χ2n) is 5.41. The van der Waals surface area contributed by atoms with Crippen molar-refractivity contribution >= 4 is 21.6 Å². The summed E-state index contributed by atoms with van der Waals surface area (Å²) in [6.45, 7) is -0.913. The predicted molar refractivity (Wildman–Crippen MR) is 81.3 cm³/mol. The van der Waals surface area contributed by atoms with Crippen molar-refractivity contribution in [2.75, 3.05) is 37.0 Å². The highest BCUT2D eigenvalue weighted by Crippen LogP contribution is 2.21. The van der Waals surface area contributed by atoms with E-state index in [1.807, 2.05) is 0 Å². The van der Waals surface area contributed by atoms with Gasteiger partial charge in [0.15, 0.2) is 0 Å². The maximum absolute atomic E-state index is 13.1. The van der Waals surface area contributed by atoms with E-state index in [4.69, 9.17) is 0 Å². The van der Waals surface area contributed by atoms with Crippen LogP contribution in [0, 0.1) is 0 Å². The SMILES string of the molecule is CS(=O)(=O)CCc1ccc(NC(=O)N2CCOC(F)(F)C2)cc1. The number of nitrogens with zero attached hydrogens (tertiary/aromatic N) is 1. The van der Waals surface area contributed by atoms with E-state index in [1.54, 1.807) is 24.3 Å². The van der Waals surface area contributed by atoms with Gasteiger partial charge >= 0.3 is 12.1 Å². The van der Waals surface area contributed by atoms with E-state index >= 15 is 0 Å². The number of rotatable bonds is 4. The van der Waals surface area contributed by atoms with Gasteiger partial charge in [0.2, 0.25) is 0 Å². The molecule has 1 aromatic rings. The maximum atomic E-state index is 13.1. The van der Waals surface area contributed by atoms with Gasteiger partial charge in [0, 0.05) is 18.5 Å². The molecule has 1 heterocycles. The average molecular weight is 348 g/mol. The molecule has 2 rings (SSSR count). The van der Waals surface area contributed by atoms with E-state index in [-0.39, 0.29) is 18.9 Å². The molecule has 0 radical (unpaired) electrons. The van der Waals surface area contributed by atoms with Crippen LogP contribution in [0.2, 0.25) is 0 Å². The van der Waals surface area contributed by atoms with Crippen LogP contribution in [-0.4, -0.2) is 57.2 Å². The molecule has 0 spiro atoms. The molecule has 1 aliphatic heterocycles. The topological polar surface area (TPSA) is 75.7 Å². The lowest BCUT2D eigenvalue weighted by Gasteiger charge is -2.32. The molecule has 23 heavy (non-hydrogen) atoms. The third-order valence-electron chi connectivity index (χ3n) is 3.30. The molecule has 0 bridgehead atoms. The Morgan fingerprint density at radius 2 is 2.00 bits per heavy atom. The first-order valence-electron chi connectivity index (χ1n) is 6.99. The predicted octanol–water partition coefficient (Wildman–Crippen LogP) is 1.73. The molecule has 1 fully saturated rings. The lowest BCUT2D eigenvalue weighted by atomic mass is 10.1. The quantitative estimate of drug-likeness (QED) is 0.899. The van der Waals surface area contributed by atoms with Crippen molar-refractivity contribution in [1.82, 2.24) is 4.90 Å². The number of anilines is 1. The summed E-state index contributed by atoms with van der Waals surface area (Å²) >= 11 is 0. The summed E-state index contributed by atoms with van der Waals surface area (Å²) in [5.41, 5.74) is 1.26. The molecule has 6 nitrogen and oxygen atoms in total. The monoisotopic (exact) mass is 348 g/mol. The highest BCUT2D eigenvalue weighted by atomic mass is 32.2. The number of ether oxygens (including phenoxy) is 1. The first-order chi connectivity index (χ1) is 10.6. The Bertz CT molecular complexity index is 662. The molecular formula is C14H18F2N2O4S. The summed E-state index contributed by atoms with van der Waals surface area (Å²) in [4.78, 5) is 12.9. The van der Waals surface area contributed by atoms with E-state index in [0.29, 0.717) is 12.1 Å². The molecule has 0 unspecified atom stereocenters. The number of amides is 2. The summed E-state index contributed by atoms with van der Waals surface area (Å²) in [7, 11) is -3.04. The van der Waals surface area contributed by atoms with Crippen LogP contribution >= 0.6 is 0 Å². The zero-order valence-corrected chi connectivity index (χ0v) is 13.4. The minimum absolute atomic E-state index is 0.0432. The van der Waals surface area contributed by atoms with Gasteiger partial charge in [-0.25, -0.2) is 13.2 Å². The molecule has 1 saturated heterocycles. The van der Waals surface area contributed by atoms with Crippen molar-refractivity contribution in [3.63, 3.8) is 0 Å². The van der Waals surface area contributed by atoms with E-state index in [2.05, 4.69) is 10.1 Å². The maximum Gasteiger partial charge on any atom is 0.373 e. The van der Waals surface area contributed by atoms with E-state index in [1.165, 1.54) is 6.26 Å². The fourth-order valence-corrected chi connectivity index (χ4v) is 2.69. The third-order valence-corrected chi connectivity index (χ3v) is 4.25. The second-order valence-corrected chi connectivity index (χ2v) is 7.67. The third kappa shape index (κ3) is 5.76. The van der Waals surface area contributed by atoms with Crippen LogP contribution in [0.3, 0.4) is 0 Å². The van der Waals surface area contributed by atoms with Gasteiger partial charge < -0.3 is 15.0 Å². The first-order valence-corrected chi connectivity index (χ1v) is 9.05. The van der Waals surface area contributed by atoms with Gasteiger partial charge in [0.25, 0.3) is 0 Å². The summed E-state index contributed by atoms with van der Waals surface area (Å²) in [6, 6.07) is 5.96. The van der Waals surface area contributed by atoms with Crippen molar-refractivity contribution < 1.29 is 26.7 Å². The van der Waals surface area contributed by atoms with Gasteiger partial charge in [-0.05, 0) is 24.1 Å². The molecular weight excluding hydrogens is 330 g/mol. The number of alkyl halides is 2. The number of carbonyl (C=O) groups excluding carboxylic acids is 1. The number of urea groups is 1. The lowest BCUT2D eigenvalue weighted by Crippen LogP contribution is -2.50. The molecule has 1 aliphatic rings. The van der Waals surface area contributed by atoms with Crippen LogP contribution in [0.1, 0.15) is 5.56 Å². The number of aryl methyl sites for hydroxylation is 1. The summed E-state index contributed by atoms with van der Waals surface area (Å²) in [5.74, 6) is 0.0432. The minimum atomic E-state index is -3.33. The van der Waals surface area contributed by atoms with Crippen molar-refractivity contribution in [3.8, 4) is 0 Å². The number of hydrogen-bond acceptors (Lipinski definition) is 4. The number of morpholine rings is 1. The molecule has 0 saturated carbocycles. The second kappa shape index (κ2) is 6.79. The zero-order valence-electron chi connectivity index (χ0n) is 12.6. The minimum Gasteiger partial charge on any atom is -0.317 e. The Morgan fingerprint density at radius 3 is 2.57 bits per heavy atom. The number of halogens is 2. The van der Waals surface area contributed by atoms with Crippen molar-refractivity contribution in [2.24, 2.45) is 0 Å². The average Bonchev–Trinajstić information content (AvgIpc) is 2.44. The Labute approximate surface area is 133 Å². The normalized spacial score (nSPS) is 17.8. The Hall–Kier alpha value is -1.74. The van der Waals surface area contributed by atoms with Crippen LogP contribution in [0.15, 0.2) is 24.3 Å². The fourth-order valence-electron chi connectivity index (χ4n) is 2.09. The molecule has 0 aromatic heterocycles. The van der Waals surface area contributed by atoms with Gasteiger partial charge in [-0.3, -0.25) is 0 Å². The molecule has 9 heteroatoms. The standard InChI is InChI=1S/C14H18F2N2O4S/c1-23(20,21)9-6-11-2-4-12(5-3-11)17-13(19)18-7-8-22-14(15,16)10-18/h2-5H,6-10H2,1H3,(H,17,19). The van der Waals surface area contributed by atoms with E-state index in [9.17, 15) is 22.0 Å².